The third-order valence-electron chi connectivity index (χ3n) is 10.4. The van der Waals surface area contributed by atoms with E-state index >= 15 is 0 Å². The summed E-state index contributed by atoms with van der Waals surface area (Å²) in [7, 11) is 1.58. The lowest BCUT2D eigenvalue weighted by molar-refractivity contribution is -0.134. The second kappa shape index (κ2) is 11.5. The number of ether oxygens (including phenoxy) is 3. The number of morpholine rings is 1. The molecule has 0 bridgehead atoms. The first-order valence-electron chi connectivity index (χ1n) is 15.6. The number of methoxy groups -OCH3 is 1. The molecule has 3 amide bonds. The van der Waals surface area contributed by atoms with Crippen LogP contribution in [0.1, 0.15) is 51.5 Å². The summed E-state index contributed by atoms with van der Waals surface area (Å²) >= 11 is 0. The molecule has 11 nitrogen and oxygen atoms in total. The van der Waals surface area contributed by atoms with Gasteiger partial charge in [-0.25, -0.2) is 0 Å². The summed E-state index contributed by atoms with van der Waals surface area (Å²) in [4.78, 5) is 55.2. The van der Waals surface area contributed by atoms with Crippen LogP contribution in [0.15, 0.2) is 24.3 Å². The van der Waals surface area contributed by atoms with Crippen LogP contribution >= 0.6 is 0 Å². The lowest BCUT2D eigenvalue weighted by Crippen LogP contribution is -2.57. The highest BCUT2D eigenvalue weighted by Gasteiger charge is 2.85. The van der Waals surface area contributed by atoms with Crippen LogP contribution in [0.3, 0.4) is 0 Å². The van der Waals surface area contributed by atoms with Gasteiger partial charge in [-0.3, -0.25) is 24.1 Å². The van der Waals surface area contributed by atoms with Crippen molar-refractivity contribution in [1.29, 1.82) is 0 Å². The molecule has 5 aliphatic rings. The number of nitrogens with zero attached hydrogens (tertiary/aromatic N) is 1. The van der Waals surface area contributed by atoms with Crippen molar-refractivity contribution >= 4 is 23.5 Å². The molecule has 2 aliphatic heterocycles. The lowest BCUT2D eigenvalue weighted by Gasteiger charge is -2.28. The molecule has 0 unspecified atom stereocenters. The van der Waals surface area contributed by atoms with Crippen molar-refractivity contribution in [3.05, 3.63) is 29.8 Å². The minimum atomic E-state index is -0.953. The third-order valence-corrected chi connectivity index (χ3v) is 10.4. The minimum absolute atomic E-state index is 0.108. The van der Waals surface area contributed by atoms with Gasteiger partial charge in [0.1, 0.15) is 23.4 Å². The molecule has 1 aromatic rings. The summed E-state index contributed by atoms with van der Waals surface area (Å²) < 4.78 is 16.1. The average Bonchev–Trinajstić information content (AvgIpc) is 3.92. The van der Waals surface area contributed by atoms with Crippen LogP contribution in [-0.4, -0.2) is 98.7 Å². The lowest BCUT2D eigenvalue weighted by atomic mass is 9.83. The number of ketones is 1. The monoisotopic (exact) mass is 596 g/mol. The Morgan fingerprint density at radius 3 is 2.21 bits per heavy atom. The van der Waals surface area contributed by atoms with E-state index in [0.29, 0.717) is 61.8 Å². The minimum Gasteiger partial charge on any atom is -0.497 e. The molecule has 1 aromatic carbocycles. The quantitative estimate of drug-likeness (QED) is 0.270. The van der Waals surface area contributed by atoms with Gasteiger partial charge in [0.25, 0.3) is 0 Å². The molecule has 3 saturated carbocycles. The zero-order valence-corrected chi connectivity index (χ0v) is 25.4. The van der Waals surface area contributed by atoms with Gasteiger partial charge in [-0.1, -0.05) is 12.1 Å². The number of rotatable bonds is 14. The molecule has 11 heteroatoms. The summed E-state index contributed by atoms with van der Waals surface area (Å²) in [6, 6.07) is 4.79. The van der Waals surface area contributed by atoms with Crippen LogP contribution in [0.25, 0.3) is 0 Å². The Morgan fingerprint density at radius 1 is 0.977 bits per heavy atom. The summed E-state index contributed by atoms with van der Waals surface area (Å²) in [6.07, 6.45) is 5.68. The molecule has 43 heavy (non-hydrogen) atoms. The van der Waals surface area contributed by atoms with Gasteiger partial charge >= 0.3 is 0 Å². The molecule has 5 fully saturated rings. The molecule has 2 saturated heterocycles. The van der Waals surface area contributed by atoms with Crippen molar-refractivity contribution in [3.63, 3.8) is 0 Å². The largest absolute Gasteiger partial charge is 0.497 e. The van der Waals surface area contributed by atoms with Gasteiger partial charge in [-0.2, -0.15) is 0 Å². The Labute approximate surface area is 252 Å². The van der Waals surface area contributed by atoms with Crippen LogP contribution in [0.2, 0.25) is 0 Å². The highest BCUT2D eigenvalue weighted by Crippen LogP contribution is 2.94. The van der Waals surface area contributed by atoms with Gasteiger partial charge in [0.2, 0.25) is 17.7 Å². The highest BCUT2D eigenvalue weighted by atomic mass is 16.6. The maximum Gasteiger partial charge on any atom is 0.243 e. The third kappa shape index (κ3) is 6.44. The number of hydrogen-bond donors (Lipinski definition) is 3. The molecule has 0 aromatic heterocycles. The van der Waals surface area contributed by atoms with E-state index in [4.69, 9.17) is 14.2 Å². The highest BCUT2D eigenvalue weighted by molar-refractivity contribution is 5.98. The standard InChI is InChI=1S/C32H44N4O7/c1-20(33-26(37)16-36-8-10-42-11-9-36)28(39)35-25(12-21-4-6-23(41-3)7-5-21)29(40)34-24(27(38)30(2)19-43-30)13-22-14-31-17-32(31,15-22)18-31/h4-7,20,22,24-25H,8-19H2,1-3H3,(H,33,37)(H,34,40)(H,35,39)/t20-,22?,24-,25-,30+,31?,32?/m0/s1. The van der Waals surface area contributed by atoms with Crippen LogP contribution in [0.5, 0.6) is 5.75 Å². The van der Waals surface area contributed by atoms with Gasteiger partial charge in [0, 0.05) is 19.5 Å². The molecular formula is C32H44N4O7. The van der Waals surface area contributed by atoms with Crippen molar-refractivity contribution < 1.29 is 33.4 Å². The fourth-order valence-corrected chi connectivity index (χ4v) is 7.50. The number of nitrogens with one attached hydrogen (secondary N) is 3. The predicted molar refractivity (Wildman–Crippen MR) is 156 cm³/mol. The zero-order valence-electron chi connectivity index (χ0n) is 25.4. The van der Waals surface area contributed by atoms with E-state index < -0.39 is 35.5 Å². The van der Waals surface area contributed by atoms with E-state index in [1.54, 1.807) is 33.1 Å². The fourth-order valence-electron chi connectivity index (χ4n) is 7.50. The number of carbonyl (C=O) groups is 4. The second-order valence-corrected chi connectivity index (χ2v) is 13.7. The summed E-state index contributed by atoms with van der Waals surface area (Å²) in [5, 5.41) is 8.61. The van der Waals surface area contributed by atoms with Gasteiger partial charge in [0.05, 0.1) is 39.5 Å². The van der Waals surface area contributed by atoms with Crippen LogP contribution in [-0.2, 0) is 35.1 Å². The number of carbonyl (C=O) groups excluding carboxylic acids is 4. The topological polar surface area (TPSA) is 139 Å². The molecule has 4 atom stereocenters. The SMILES string of the molecule is COc1ccc(C[C@H](NC(=O)[C@H](C)NC(=O)CN2CCOCC2)C(=O)N[C@@H](CC2CC34CC3(C2)C4)C(=O)[C@@]2(C)CO2)cc1. The summed E-state index contributed by atoms with van der Waals surface area (Å²) in [6.45, 7) is 6.35. The van der Waals surface area contributed by atoms with E-state index in [1.165, 1.54) is 12.8 Å². The predicted octanol–water partition coefficient (Wildman–Crippen LogP) is 0.983. The molecule has 0 radical (unpaired) electrons. The van der Waals surface area contributed by atoms with E-state index in [-0.39, 0.29) is 24.7 Å². The van der Waals surface area contributed by atoms with E-state index in [2.05, 4.69) is 16.0 Å². The summed E-state index contributed by atoms with van der Waals surface area (Å²) in [5.41, 5.74) is 0.984. The van der Waals surface area contributed by atoms with Crippen molar-refractivity contribution in [1.82, 2.24) is 20.9 Å². The van der Waals surface area contributed by atoms with E-state index in [0.717, 1.165) is 18.4 Å². The number of benzene rings is 1. The Bertz CT molecular complexity index is 1230. The number of Topliss-reactive ketones (excluding diaryl/α,β-unsaturated/α-hetero) is 1. The van der Waals surface area contributed by atoms with Crippen molar-refractivity contribution in [2.24, 2.45) is 16.7 Å². The fraction of sp³-hybridized carbons (Fsp3) is 0.688. The van der Waals surface area contributed by atoms with Crippen molar-refractivity contribution in [3.8, 4) is 5.75 Å². The molecule has 0 spiro atoms. The normalized spacial score (nSPS) is 32.3. The first-order chi connectivity index (χ1) is 20.5. The Kier molecular flexibility index (Phi) is 8.02. The molecule has 234 valence electrons. The maximum atomic E-state index is 13.8. The van der Waals surface area contributed by atoms with Gasteiger partial charge < -0.3 is 30.2 Å². The molecular weight excluding hydrogens is 552 g/mol. The maximum absolute atomic E-state index is 13.8. The average molecular weight is 597 g/mol. The molecule has 2 heterocycles. The van der Waals surface area contributed by atoms with Gasteiger partial charge in [-0.05, 0) is 80.4 Å². The van der Waals surface area contributed by atoms with E-state index in [9.17, 15) is 19.2 Å². The van der Waals surface area contributed by atoms with E-state index in [1.807, 2.05) is 17.0 Å². The number of epoxide rings is 1. The zero-order chi connectivity index (χ0) is 30.4. The molecule has 3 N–H and O–H groups in total. The van der Waals surface area contributed by atoms with Gasteiger partial charge in [-0.15, -0.1) is 0 Å². The molecule has 3 aliphatic carbocycles. The Balaban J connectivity index is 1.12. The van der Waals surface area contributed by atoms with Crippen LogP contribution < -0.4 is 20.7 Å². The first kappa shape index (κ1) is 30.0. The first-order valence-corrected chi connectivity index (χ1v) is 15.6. The van der Waals surface area contributed by atoms with Crippen molar-refractivity contribution in [2.75, 3.05) is 46.6 Å². The number of amides is 3. The van der Waals surface area contributed by atoms with Crippen molar-refractivity contribution in [2.45, 2.75) is 76.1 Å². The van der Waals surface area contributed by atoms with Crippen LogP contribution in [0.4, 0.5) is 0 Å². The molecule has 6 rings (SSSR count). The Hall–Kier alpha value is -3.02. The Morgan fingerprint density at radius 2 is 1.60 bits per heavy atom. The second-order valence-electron chi connectivity index (χ2n) is 13.7. The smallest absolute Gasteiger partial charge is 0.243 e. The van der Waals surface area contributed by atoms with Crippen LogP contribution in [0, 0.1) is 16.7 Å². The number of hydrogen-bond acceptors (Lipinski definition) is 8. The summed E-state index contributed by atoms with van der Waals surface area (Å²) in [5.74, 6) is -0.198. The van der Waals surface area contributed by atoms with Gasteiger partial charge in [0.15, 0.2) is 5.78 Å².